The van der Waals surface area contributed by atoms with E-state index in [2.05, 4.69) is 16.1 Å². The highest BCUT2D eigenvalue weighted by atomic mass is 32.2. The topological polar surface area (TPSA) is 105 Å². The largest absolute Gasteiger partial charge is 0.511 e. The van der Waals surface area contributed by atoms with Crippen molar-refractivity contribution in [1.29, 1.82) is 0 Å². The summed E-state index contributed by atoms with van der Waals surface area (Å²) in [7, 11) is -3.55. The molecule has 5 atom stereocenters. The van der Waals surface area contributed by atoms with Crippen LogP contribution in [0.5, 0.6) is 0 Å². The van der Waals surface area contributed by atoms with E-state index in [0.717, 1.165) is 0 Å². The van der Waals surface area contributed by atoms with Crippen molar-refractivity contribution >= 4 is 22.2 Å². The van der Waals surface area contributed by atoms with Gasteiger partial charge in [-0.2, -0.15) is 8.42 Å². The van der Waals surface area contributed by atoms with Crippen molar-refractivity contribution in [1.82, 2.24) is 0 Å². The maximum absolute atomic E-state index is 11.8. The summed E-state index contributed by atoms with van der Waals surface area (Å²) in [6, 6.07) is 0. The highest BCUT2D eigenvalue weighted by Gasteiger charge is 2.65. The van der Waals surface area contributed by atoms with Gasteiger partial charge in [-0.05, 0) is 19.8 Å². The number of carbonyl (C=O) groups is 2. The van der Waals surface area contributed by atoms with Gasteiger partial charge >= 0.3 is 12.1 Å². The van der Waals surface area contributed by atoms with E-state index in [-0.39, 0.29) is 17.4 Å². The average molecular weight is 332 g/mol. The first-order chi connectivity index (χ1) is 10.3. The molecule has 3 fully saturated rings. The second-order valence-electron chi connectivity index (χ2n) is 5.79. The Bertz CT molecular complexity index is 624. The Morgan fingerprint density at radius 1 is 1.27 bits per heavy atom. The Morgan fingerprint density at radius 2 is 2.00 bits per heavy atom. The lowest BCUT2D eigenvalue weighted by Crippen LogP contribution is -2.37. The first-order valence-electron chi connectivity index (χ1n) is 6.87. The van der Waals surface area contributed by atoms with Gasteiger partial charge in [-0.3, -0.25) is 4.18 Å². The minimum atomic E-state index is -3.55. The van der Waals surface area contributed by atoms with Crippen LogP contribution in [-0.2, 0) is 33.3 Å². The van der Waals surface area contributed by atoms with Gasteiger partial charge < -0.3 is 14.2 Å². The van der Waals surface area contributed by atoms with E-state index < -0.39 is 46.5 Å². The lowest BCUT2D eigenvalue weighted by Gasteiger charge is -2.24. The Hall–Kier alpha value is -1.61. The van der Waals surface area contributed by atoms with Gasteiger partial charge in [0, 0.05) is 17.4 Å². The molecule has 1 aliphatic heterocycles. The minimum Gasteiger partial charge on any atom is -0.428 e. The number of ether oxygens (including phenoxy) is 3. The Labute approximate surface area is 127 Å². The second-order valence-corrected chi connectivity index (χ2v) is 7.58. The van der Waals surface area contributed by atoms with Crippen LogP contribution in [-0.4, -0.2) is 44.8 Å². The predicted octanol–water partition coefficient (Wildman–Crippen LogP) is 0.722. The first kappa shape index (κ1) is 15.3. The maximum atomic E-state index is 11.8. The quantitative estimate of drug-likeness (QED) is 0.321. The van der Waals surface area contributed by atoms with Gasteiger partial charge in [0.15, 0.2) is 0 Å². The summed E-state index contributed by atoms with van der Waals surface area (Å²) < 4.78 is 43.0. The molecule has 5 unspecified atom stereocenters. The molecule has 0 amide bonds. The number of rotatable bonds is 4. The van der Waals surface area contributed by atoms with Gasteiger partial charge in [0.05, 0.1) is 5.25 Å². The summed E-state index contributed by atoms with van der Waals surface area (Å²) in [5.41, 5.74) is 0.181. The zero-order valence-electron chi connectivity index (χ0n) is 11.9. The lowest BCUT2D eigenvalue weighted by atomic mass is 9.94. The molecule has 22 heavy (non-hydrogen) atoms. The van der Waals surface area contributed by atoms with Crippen LogP contribution in [0.15, 0.2) is 12.2 Å². The lowest BCUT2D eigenvalue weighted by molar-refractivity contribution is -0.149. The highest BCUT2D eigenvalue weighted by molar-refractivity contribution is 7.87. The van der Waals surface area contributed by atoms with E-state index in [9.17, 15) is 18.0 Å². The van der Waals surface area contributed by atoms with Gasteiger partial charge in [0.2, 0.25) is 6.79 Å². The third-order valence-corrected chi connectivity index (χ3v) is 6.14. The summed E-state index contributed by atoms with van der Waals surface area (Å²) in [4.78, 5) is 22.7. The van der Waals surface area contributed by atoms with Gasteiger partial charge in [-0.1, -0.05) is 6.58 Å². The fourth-order valence-corrected chi connectivity index (χ4v) is 5.33. The number of carbonyl (C=O) groups excluding carboxylic acids is 2. The molecule has 1 heterocycles. The Morgan fingerprint density at radius 3 is 2.68 bits per heavy atom. The zero-order chi connectivity index (χ0) is 16.1. The van der Waals surface area contributed by atoms with Crippen LogP contribution >= 0.6 is 0 Å². The van der Waals surface area contributed by atoms with Gasteiger partial charge in [-0.15, -0.1) is 0 Å². The smallest absolute Gasteiger partial charge is 0.428 e. The number of fused-ring (bicyclic) bond motifs is 1. The molecule has 1 saturated heterocycles. The SMILES string of the molecule is C=C(C)C(=O)OCOC(=O)OC1C2CC3C1OS(=O)(=O)C3C2. The molecule has 0 radical (unpaired) electrons. The van der Waals surface area contributed by atoms with Crippen LogP contribution in [0.3, 0.4) is 0 Å². The third kappa shape index (κ3) is 2.48. The molecule has 2 aliphatic carbocycles. The van der Waals surface area contributed by atoms with Crippen molar-refractivity contribution in [3.63, 3.8) is 0 Å². The van der Waals surface area contributed by atoms with E-state index >= 15 is 0 Å². The molecule has 0 aromatic rings. The van der Waals surface area contributed by atoms with Crippen molar-refractivity contribution in [2.45, 2.75) is 37.2 Å². The summed E-state index contributed by atoms with van der Waals surface area (Å²) in [6.07, 6.45) is -1.18. The maximum Gasteiger partial charge on any atom is 0.511 e. The molecular formula is C13H16O8S. The van der Waals surface area contributed by atoms with Crippen molar-refractivity contribution in [3.8, 4) is 0 Å². The third-order valence-electron chi connectivity index (χ3n) is 4.36. The van der Waals surface area contributed by atoms with Crippen LogP contribution < -0.4 is 0 Å². The predicted molar refractivity (Wildman–Crippen MR) is 70.9 cm³/mol. The molecular weight excluding hydrogens is 316 g/mol. The molecule has 122 valence electrons. The molecule has 2 saturated carbocycles. The van der Waals surface area contributed by atoms with E-state index in [1.165, 1.54) is 6.92 Å². The summed E-state index contributed by atoms with van der Waals surface area (Å²) in [5, 5.41) is -0.477. The summed E-state index contributed by atoms with van der Waals surface area (Å²) in [5.74, 6) is -0.836. The Balaban J connectivity index is 1.51. The number of esters is 1. The first-order valence-corrected chi connectivity index (χ1v) is 8.35. The van der Waals surface area contributed by atoms with Crippen LogP contribution in [0, 0.1) is 11.8 Å². The van der Waals surface area contributed by atoms with Crippen molar-refractivity contribution in [2.24, 2.45) is 11.8 Å². The molecule has 3 aliphatic rings. The van der Waals surface area contributed by atoms with Gasteiger partial charge in [0.1, 0.15) is 12.2 Å². The van der Waals surface area contributed by atoms with Crippen molar-refractivity contribution < 1.29 is 36.4 Å². The Kier molecular flexibility index (Phi) is 3.64. The molecule has 0 N–H and O–H groups in total. The summed E-state index contributed by atoms with van der Waals surface area (Å²) >= 11 is 0. The van der Waals surface area contributed by atoms with Crippen molar-refractivity contribution in [3.05, 3.63) is 12.2 Å². The summed E-state index contributed by atoms with van der Waals surface area (Å²) in [6.45, 7) is 4.26. The van der Waals surface area contributed by atoms with Crippen LogP contribution in [0.4, 0.5) is 4.79 Å². The van der Waals surface area contributed by atoms with Crippen LogP contribution in [0.25, 0.3) is 0 Å². The average Bonchev–Trinajstić information content (AvgIpc) is 3.02. The van der Waals surface area contributed by atoms with Crippen molar-refractivity contribution in [2.75, 3.05) is 6.79 Å². The number of hydrogen-bond donors (Lipinski definition) is 0. The monoisotopic (exact) mass is 332 g/mol. The highest BCUT2D eigenvalue weighted by Crippen LogP contribution is 2.55. The fraction of sp³-hybridized carbons (Fsp3) is 0.692. The van der Waals surface area contributed by atoms with Crippen LogP contribution in [0.1, 0.15) is 19.8 Å². The van der Waals surface area contributed by atoms with E-state index in [1.807, 2.05) is 0 Å². The molecule has 0 aromatic carbocycles. The molecule has 0 aromatic heterocycles. The van der Waals surface area contributed by atoms with E-state index in [1.54, 1.807) is 0 Å². The van der Waals surface area contributed by atoms with Gasteiger partial charge in [0.25, 0.3) is 10.1 Å². The normalized spacial score (nSPS) is 36.9. The standard InChI is InChI=1S/C13H16O8S/c1-6(2)12(14)18-5-19-13(15)20-10-7-3-8-9(4-7)22(16,17)21-11(8)10/h7-11H,1,3-5H2,2H3. The second kappa shape index (κ2) is 5.24. The van der Waals surface area contributed by atoms with Crippen LogP contribution in [0.2, 0.25) is 0 Å². The van der Waals surface area contributed by atoms with E-state index in [0.29, 0.717) is 12.8 Å². The number of hydrogen-bond acceptors (Lipinski definition) is 8. The minimum absolute atomic E-state index is 0.0391. The molecule has 8 nitrogen and oxygen atoms in total. The molecule has 0 spiro atoms. The molecule has 2 bridgehead atoms. The fourth-order valence-electron chi connectivity index (χ4n) is 3.44. The molecule has 3 rings (SSSR count). The van der Waals surface area contributed by atoms with Gasteiger partial charge in [-0.25, -0.2) is 9.59 Å². The van der Waals surface area contributed by atoms with E-state index in [4.69, 9.17) is 8.92 Å². The molecule has 9 heteroatoms. The zero-order valence-corrected chi connectivity index (χ0v) is 12.7.